The molecule has 1 aromatic carbocycles. The average Bonchev–Trinajstić information content (AvgIpc) is 3.37. The summed E-state index contributed by atoms with van der Waals surface area (Å²) in [5, 5.41) is 11.0. The minimum absolute atomic E-state index is 0.0703. The molecule has 0 atom stereocenters. The van der Waals surface area contributed by atoms with Crippen molar-refractivity contribution in [1.29, 1.82) is 0 Å². The summed E-state index contributed by atoms with van der Waals surface area (Å²) in [5.74, 6) is -1.15. The highest BCUT2D eigenvalue weighted by atomic mass is 19.1. The monoisotopic (exact) mass is 394 g/mol. The zero-order valence-electron chi connectivity index (χ0n) is 15.4. The molecule has 0 aliphatic rings. The molecule has 0 unspecified atom stereocenters. The summed E-state index contributed by atoms with van der Waals surface area (Å²) in [5.41, 5.74) is 1.66. The predicted molar refractivity (Wildman–Crippen MR) is 101 cm³/mol. The Morgan fingerprint density at radius 2 is 2.00 bits per heavy atom. The quantitative estimate of drug-likeness (QED) is 0.565. The summed E-state index contributed by atoms with van der Waals surface area (Å²) in [6.07, 6.45) is 6.42. The van der Waals surface area contributed by atoms with Gasteiger partial charge in [-0.25, -0.2) is 23.1 Å². The van der Waals surface area contributed by atoms with E-state index in [-0.39, 0.29) is 18.1 Å². The second kappa shape index (κ2) is 7.63. The van der Waals surface area contributed by atoms with E-state index in [0.717, 1.165) is 17.7 Å². The van der Waals surface area contributed by atoms with Gasteiger partial charge in [0.1, 0.15) is 11.5 Å². The minimum atomic E-state index is -0.758. The molecular formula is C20H16F2N6O. The standard InChI is InChI=1S/C20H16F2N6O/c1-13-16(12-26-28(13)18-4-3-15(21)10-17(18)22)20(29)24-11-14-5-7-23-19(9-14)27-8-2-6-25-27/h2-10,12H,11H2,1H3,(H,24,29). The number of pyridine rings is 1. The Kier molecular flexibility index (Phi) is 4.86. The lowest BCUT2D eigenvalue weighted by Crippen LogP contribution is -2.23. The molecule has 0 bridgehead atoms. The zero-order chi connectivity index (χ0) is 20.4. The summed E-state index contributed by atoms with van der Waals surface area (Å²) >= 11 is 0. The van der Waals surface area contributed by atoms with Crippen molar-refractivity contribution >= 4 is 5.91 Å². The van der Waals surface area contributed by atoms with E-state index in [1.807, 2.05) is 6.07 Å². The molecule has 4 aromatic rings. The number of hydrogen-bond donors (Lipinski definition) is 1. The van der Waals surface area contributed by atoms with Crippen molar-refractivity contribution in [2.24, 2.45) is 0 Å². The molecule has 0 aliphatic heterocycles. The van der Waals surface area contributed by atoms with E-state index in [0.29, 0.717) is 17.1 Å². The molecule has 29 heavy (non-hydrogen) atoms. The fourth-order valence-corrected chi connectivity index (χ4v) is 2.91. The van der Waals surface area contributed by atoms with Crippen molar-refractivity contribution in [3.8, 4) is 11.5 Å². The molecule has 0 spiro atoms. The van der Waals surface area contributed by atoms with Gasteiger partial charge in [0.25, 0.3) is 5.91 Å². The molecule has 1 amide bonds. The van der Waals surface area contributed by atoms with Gasteiger partial charge >= 0.3 is 0 Å². The molecule has 0 saturated heterocycles. The number of halogens is 2. The number of benzene rings is 1. The number of carbonyl (C=O) groups excluding carboxylic acids is 1. The Morgan fingerprint density at radius 3 is 2.76 bits per heavy atom. The van der Waals surface area contributed by atoms with E-state index < -0.39 is 11.6 Å². The van der Waals surface area contributed by atoms with Crippen LogP contribution in [0.3, 0.4) is 0 Å². The van der Waals surface area contributed by atoms with Gasteiger partial charge in [-0.1, -0.05) is 0 Å². The van der Waals surface area contributed by atoms with E-state index in [2.05, 4.69) is 20.5 Å². The van der Waals surface area contributed by atoms with Crippen LogP contribution in [-0.2, 0) is 6.54 Å². The van der Waals surface area contributed by atoms with Gasteiger partial charge in [0, 0.05) is 31.2 Å². The number of aromatic nitrogens is 5. The molecule has 7 nitrogen and oxygen atoms in total. The fraction of sp³-hybridized carbons (Fsp3) is 0.100. The molecule has 0 aliphatic carbocycles. The maximum absolute atomic E-state index is 14.0. The van der Waals surface area contributed by atoms with Crippen LogP contribution in [0, 0.1) is 18.6 Å². The second-order valence-electron chi connectivity index (χ2n) is 6.31. The first-order valence-electron chi connectivity index (χ1n) is 8.76. The van der Waals surface area contributed by atoms with Crippen LogP contribution in [-0.4, -0.2) is 30.5 Å². The molecule has 3 aromatic heterocycles. The van der Waals surface area contributed by atoms with Gasteiger partial charge in [0.05, 0.1) is 17.5 Å². The third-order valence-electron chi connectivity index (χ3n) is 4.39. The maximum atomic E-state index is 14.0. The lowest BCUT2D eigenvalue weighted by molar-refractivity contribution is 0.0950. The van der Waals surface area contributed by atoms with Crippen LogP contribution in [0.1, 0.15) is 21.6 Å². The second-order valence-corrected chi connectivity index (χ2v) is 6.31. The van der Waals surface area contributed by atoms with Crippen LogP contribution in [0.2, 0.25) is 0 Å². The average molecular weight is 394 g/mol. The Morgan fingerprint density at radius 1 is 1.14 bits per heavy atom. The van der Waals surface area contributed by atoms with E-state index >= 15 is 0 Å². The van der Waals surface area contributed by atoms with Crippen LogP contribution < -0.4 is 5.32 Å². The third-order valence-corrected chi connectivity index (χ3v) is 4.39. The van der Waals surface area contributed by atoms with Crippen LogP contribution in [0.25, 0.3) is 11.5 Å². The number of carbonyl (C=O) groups is 1. The first-order chi connectivity index (χ1) is 14.0. The van der Waals surface area contributed by atoms with E-state index in [9.17, 15) is 13.6 Å². The van der Waals surface area contributed by atoms with Crippen molar-refractivity contribution in [2.45, 2.75) is 13.5 Å². The normalized spacial score (nSPS) is 10.9. The smallest absolute Gasteiger partial charge is 0.255 e. The van der Waals surface area contributed by atoms with Gasteiger partial charge in [-0.3, -0.25) is 4.79 Å². The number of nitrogens with zero attached hydrogens (tertiary/aromatic N) is 5. The first-order valence-corrected chi connectivity index (χ1v) is 8.76. The van der Waals surface area contributed by atoms with Crippen LogP contribution in [0.5, 0.6) is 0 Å². The van der Waals surface area contributed by atoms with Gasteiger partial charge in [0.2, 0.25) is 0 Å². The molecule has 146 valence electrons. The number of hydrogen-bond acceptors (Lipinski definition) is 4. The topological polar surface area (TPSA) is 77.6 Å². The number of amides is 1. The van der Waals surface area contributed by atoms with Crippen LogP contribution >= 0.6 is 0 Å². The highest BCUT2D eigenvalue weighted by Crippen LogP contribution is 2.18. The largest absolute Gasteiger partial charge is 0.348 e. The molecule has 0 fully saturated rings. The van der Waals surface area contributed by atoms with Crippen molar-refractivity contribution in [3.05, 3.63) is 89.6 Å². The van der Waals surface area contributed by atoms with Gasteiger partial charge in [0.15, 0.2) is 11.6 Å². The third kappa shape index (κ3) is 3.75. The summed E-state index contributed by atoms with van der Waals surface area (Å²) in [6.45, 7) is 1.91. The first kappa shape index (κ1) is 18.5. The highest BCUT2D eigenvalue weighted by molar-refractivity contribution is 5.95. The SMILES string of the molecule is Cc1c(C(=O)NCc2ccnc(-n3cccn3)c2)cnn1-c1ccc(F)cc1F. The summed E-state index contributed by atoms with van der Waals surface area (Å²) in [7, 11) is 0. The van der Waals surface area contributed by atoms with E-state index in [1.165, 1.54) is 16.9 Å². The van der Waals surface area contributed by atoms with Crippen LogP contribution in [0.15, 0.2) is 61.2 Å². The summed E-state index contributed by atoms with van der Waals surface area (Å²) in [6, 6.07) is 8.59. The number of nitrogens with one attached hydrogen (secondary N) is 1. The van der Waals surface area contributed by atoms with Gasteiger partial charge in [-0.2, -0.15) is 10.2 Å². The lowest BCUT2D eigenvalue weighted by Gasteiger charge is -2.08. The molecule has 3 heterocycles. The van der Waals surface area contributed by atoms with Crippen molar-refractivity contribution in [1.82, 2.24) is 29.9 Å². The van der Waals surface area contributed by atoms with Gasteiger partial charge < -0.3 is 5.32 Å². The molecule has 0 saturated carbocycles. The molecule has 4 rings (SSSR count). The predicted octanol–water partition coefficient (Wildman–Crippen LogP) is 2.97. The lowest BCUT2D eigenvalue weighted by atomic mass is 10.2. The maximum Gasteiger partial charge on any atom is 0.255 e. The van der Waals surface area contributed by atoms with Gasteiger partial charge in [-0.15, -0.1) is 0 Å². The van der Waals surface area contributed by atoms with Crippen molar-refractivity contribution in [3.63, 3.8) is 0 Å². The Balaban J connectivity index is 1.50. The summed E-state index contributed by atoms with van der Waals surface area (Å²) in [4.78, 5) is 16.8. The molecule has 9 heteroatoms. The highest BCUT2D eigenvalue weighted by Gasteiger charge is 2.17. The van der Waals surface area contributed by atoms with E-state index in [1.54, 1.807) is 42.3 Å². The Bertz CT molecular complexity index is 1170. The molecule has 0 radical (unpaired) electrons. The minimum Gasteiger partial charge on any atom is -0.348 e. The van der Waals surface area contributed by atoms with Crippen molar-refractivity contribution < 1.29 is 13.6 Å². The van der Waals surface area contributed by atoms with Crippen molar-refractivity contribution in [2.75, 3.05) is 0 Å². The Labute approximate surface area is 164 Å². The molecular weight excluding hydrogens is 378 g/mol. The van der Waals surface area contributed by atoms with Crippen LogP contribution in [0.4, 0.5) is 8.78 Å². The fourth-order valence-electron chi connectivity index (χ4n) is 2.91. The summed E-state index contributed by atoms with van der Waals surface area (Å²) < 4.78 is 30.1. The zero-order valence-corrected chi connectivity index (χ0v) is 15.4. The van der Waals surface area contributed by atoms with Gasteiger partial charge in [-0.05, 0) is 42.8 Å². The molecule has 1 N–H and O–H groups in total. The van der Waals surface area contributed by atoms with E-state index in [4.69, 9.17) is 0 Å². The Hall–Kier alpha value is -3.88. The number of rotatable bonds is 5.